The van der Waals surface area contributed by atoms with Crippen LogP contribution in [0, 0.1) is 6.92 Å². The Morgan fingerprint density at radius 1 is 1.04 bits per heavy atom. The molecule has 2 aliphatic rings. The van der Waals surface area contributed by atoms with E-state index in [1.807, 2.05) is 4.90 Å². The van der Waals surface area contributed by atoms with E-state index in [0.29, 0.717) is 25.1 Å². The van der Waals surface area contributed by atoms with Gasteiger partial charge in [-0.25, -0.2) is 0 Å². The molecule has 0 saturated carbocycles. The highest BCUT2D eigenvalue weighted by Gasteiger charge is 2.37. The van der Waals surface area contributed by atoms with Gasteiger partial charge >= 0.3 is 0 Å². The summed E-state index contributed by atoms with van der Waals surface area (Å²) in [6, 6.07) is 19.6. The lowest BCUT2D eigenvalue weighted by Gasteiger charge is -2.48. The van der Waals surface area contributed by atoms with Gasteiger partial charge in [-0.15, -0.1) is 0 Å². The number of aryl methyl sites for hydroxylation is 2. The number of hydrogen-bond acceptors (Lipinski definition) is 3. The van der Waals surface area contributed by atoms with E-state index in [1.165, 1.54) is 16.7 Å². The molecule has 2 aliphatic heterocycles. The molecule has 2 atom stereocenters. The second-order valence-electron chi connectivity index (χ2n) is 7.68. The first kappa shape index (κ1) is 18.2. The number of ether oxygens (including phenoxy) is 1. The van der Waals surface area contributed by atoms with Gasteiger partial charge in [0.2, 0.25) is 5.91 Å². The van der Waals surface area contributed by atoms with Gasteiger partial charge in [0.1, 0.15) is 0 Å². The van der Waals surface area contributed by atoms with Crippen LogP contribution in [0.5, 0.6) is 0 Å². The lowest BCUT2D eigenvalue weighted by molar-refractivity contribution is -0.140. The summed E-state index contributed by atoms with van der Waals surface area (Å²) >= 11 is 0. The lowest BCUT2D eigenvalue weighted by Crippen LogP contribution is -2.60. The van der Waals surface area contributed by atoms with Crippen molar-refractivity contribution >= 4 is 5.91 Å². The molecular formula is C23H28N2O2. The monoisotopic (exact) mass is 364 g/mol. The molecule has 4 heteroatoms. The molecule has 2 fully saturated rings. The molecule has 0 aliphatic carbocycles. The van der Waals surface area contributed by atoms with Crippen LogP contribution >= 0.6 is 0 Å². The summed E-state index contributed by atoms with van der Waals surface area (Å²) in [4.78, 5) is 17.3. The molecule has 142 valence electrons. The van der Waals surface area contributed by atoms with Crippen LogP contribution in [0.2, 0.25) is 0 Å². The summed E-state index contributed by atoms with van der Waals surface area (Å²) in [5, 5.41) is 0. The van der Waals surface area contributed by atoms with Crippen molar-refractivity contribution in [1.82, 2.24) is 9.80 Å². The highest BCUT2D eigenvalue weighted by Crippen LogP contribution is 2.29. The first-order chi connectivity index (χ1) is 13.2. The molecule has 0 unspecified atom stereocenters. The standard InChI is InChI=1S/C23H28N2O2/c1-18-7-9-19(10-8-18)11-12-23(26)24-13-14-25-21(15-24)16-27-17-22(25)20-5-3-2-4-6-20/h2-10,21-22H,11-17H2,1H3/t21-,22-/m1/s1. The van der Waals surface area contributed by atoms with Crippen molar-refractivity contribution in [3.8, 4) is 0 Å². The molecule has 0 aromatic heterocycles. The number of carbonyl (C=O) groups is 1. The van der Waals surface area contributed by atoms with Crippen LogP contribution in [-0.2, 0) is 16.0 Å². The topological polar surface area (TPSA) is 32.8 Å². The number of hydrogen-bond donors (Lipinski definition) is 0. The van der Waals surface area contributed by atoms with Crippen LogP contribution in [-0.4, -0.2) is 54.6 Å². The molecular weight excluding hydrogens is 336 g/mol. The fourth-order valence-electron chi connectivity index (χ4n) is 4.19. The third-order valence-electron chi connectivity index (χ3n) is 5.80. The molecule has 2 aromatic rings. The highest BCUT2D eigenvalue weighted by atomic mass is 16.5. The number of piperazine rings is 1. The minimum absolute atomic E-state index is 0.261. The average Bonchev–Trinajstić information content (AvgIpc) is 2.73. The number of carbonyl (C=O) groups excluding carboxylic acids is 1. The first-order valence-electron chi connectivity index (χ1n) is 9.92. The van der Waals surface area contributed by atoms with E-state index >= 15 is 0 Å². The van der Waals surface area contributed by atoms with E-state index in [0.717, 1.165) is 32.7 Å². The molecule has 2 saturated heterocycles. The fraction of sp³-hybridized carbons (Fsp3) is 0.435. The third-order valence-corrected chi connectivity index (χ3v) is 5.80. The van der Waals surface area contributed by atoms with Gasteiger partial charge in [-0.3, -0.25) is 9.69 Å². The van der Waals surface area contributed by atoms with Gasteiger partial charge in [-0.2, -0.15) is 0 Å². The number of amides is 1. The summed E-state index contributed by atoms with van der Waals surface area (Å²) in [7, 11) is 0. The molecule has 0 radical (unpaired) electrons. The van der Waals surface area contributed by atoms with Gasteiger partial charge in [0.15, 0.2) is 0 Å². The first-order valence-corrected chi connectivity index (χ1v) is 9.92. The Hall–Kier alpha value is -2.17. The Bertz CT molecular complexity index is 760. The summed E-state index contributed by atoms with van der Waals surface area (Å²) in [5.74, 6) is 0.261. The van der Waals surface area contributed by atoms with E-state index in [4.69, 9.17) is 4.74 Å². The van der Waals surface area contributed by atoms with E-state index in [9.17, 15) is 4.79 Å². The zero-order valence-electron chi connectivity index (χ0n) is 16.0. The maximum Gasteiger partial charge on any atom is 0.223 e. The van der Waals surface area contributed by atoms with Crippen molar-refractivity contribution in [2.24, 2.45) is 0 Å². The minimum atomic E-state index is 0.261. The molecule has 2 heterocycles. The largest absolute Gasteiger partial charge is 0.378 e. The summed E-state index contributed by atoms with van der Waals surface area (Å²) in [5.41, 5.74) is 3.80. The number of fused-ring (bicyclic) bond motifs is 1. The number of morpholine rings is 1. The normalized spacial score (nSPS) is 23.1. The Morgan fingerprint density at radius 2 is 1.81 bits per heavy atom. The molecule has 0 spiro atoms. The minimum Gasteiger partial charge on any atom is -0.378 e. The molecule has 2 aromatic carbocycles. The molecule has 0 N–H and O–H groups in total. The van der Waals surface area contributed by atoms with Gasteiger partial charge in [0.05, 0.1) is 25.3 Å². The second kappa shape index (κ2) is 8.24. The zero-order valence-corrected chi connectivity index (χ0v) is 16.0. The van der Waals surface area contributed by atoms with E-state index in [-0.39, 0.29) is 5.91 Å². The molecule has 4 rings (SSSR count). The summed E-state index contributed by atoms with van der Waals surface area (Å²) in [6.07, 6.45) is 1.39. The SMILES string of the molecule is Cc1ccc(CCC(=O)N2CCN3[C@@H](COC[C@@H]3c3ccccc3)C2)cc1. The smallest absolute Gasteiger partial charge is 0.223 e. The lowest BCUT2D eigenvalue weighted by atomic mass is 10.00. The average molecular weight is 364 g/mol. The number of benzene rings is 2. The van der Waals surface area contributed by atoms with Crippen LogP contribution in [0.25, 0.3) is 0 Å². The van der Waals surface area contributed by atoms with Crippen molar-refractivity contribution in [3.05, 3.63) is 71.3 Å². The Morgan fingerprint density at radius 3 is 2.59 bits per heavy atom. The Kier molecular flexibility index (Phi) is 5.55. The van der Waals surface area contributed by atoms with Crippen molar-refractivity contribution in [1.29, 1.82) is 0 Å². The van der Waals surface area contributed by atoms with Crippen molar-refractivity contribution < 1.29 is 9.53 Å². The highest BCUT2D eigenvalue weighted by molar-refractivity contribution is 5.76. The van der Waals surface area contributed by atoms with Gasteiger partial charge in [0, 0.05) is 26.1 Å². The third kappa shape index (κ3) is 4.23. The molecule has 0 bridgehead atoms. The Labute approximate surface area is 161 Å². The quantitative estimate of drug-likeness (QED) is 0.835. The molecule has 27 heavy (non-hydrogen) atoms. The number of nitrogens with zero attached hydrogens (tertiary/aromatic N) is 2. The van der Waals surface area contributed by atoms with Crippen LogP contribution in [0.1, 0.15) is 29.2 Å². The predicted octanol–water partition coefficient (Wildman–Crippen LogP) is 3.21. The number of rotatable bonds is 4. The zero-order chi connectivity index (χ0) is 18.6. The second-order valence-corrected chi connectivity index (χ2v) is 7.68. The van der Waals surface area contributed by atoms with Crippen molar-refractivity contribution in [2.75, 3.05) is 32.8 Å². The maximum atomic E-state index is 12.7. The van der Waals surface area contributed by atoms with Crippen molar-refractivity contribution in [3.63, 3.8) is 0 Å². The van der Waals surface area contributed by atoms with Crippen molar-refractivity contribution in [2.45, 2.75) is 31.8 Å². The molecule has 4 nitrogen and oxygen atoms in total. The maximum absolute atomic E-state index is 12.7. The van der Waals surface area contributed by atoms with Crippen LogP contribution in [0.4, 0.5) is 0 Å². The molecule has 1 amide bonds. The summed E-state index contributed by atoms with van der Waals surface area (Å²) in [6.45, 7) is 6.04. The van der Waals surface area contributed by atoms with E-state index in [2.05, 4.69) is 66.4 Å². The van der Waals surface area contributed by atoms with Crippen LogP contribution < -0.4 is 0 Å². The van der Waals surface area contributed by atoms with Crippen LogP contribution in [0.15, 0.2) is 54.6 Å². The predicted molar refractivity (Wildman–Crippen MR) is 107 cm³/mol. The van der Waals surface area contributed by atoms with Gasteiger partial charge < -0.3 is 9.64 Å². The van der Waals surface area contributed by atoms with Gasteiger partial charge in [-0.1, -0.05) is 60.2 Å². The van der Waals surface area contributed by atoms with Gasteiger partial charge in [0.25, 0.3) is 0 Å². The van der Waals surface area contributed by atoms with E-state index in [1.54, 1.807) is 0 Å². The summed E-state index contributed by atoms with van der Waals surface area (Å²) < 4.78 is 5.89. The van der Waals surface area contributed by atoms with Gasteiger partial charge in [-0.05, 0) is 24.5 Å². The fourth-order valence-corrected chi connectivity index (χ4v) is 4.19. The Balaban J connectivity index is 1.35. The van der Waals surface area contributed by atoms with Crippen LogP contribution in [0.3, 0.4) is 0 Å². The van der Waals surface area contributed by atoms with E-state index < -0.39 is 0 Å².